The third-order valence-electron chi connectivity index (χ3n) is 5.45. The van der Waals surface area contributed by atoms with E-state index in [0.29, 0.717) is 25.5 Å². The topological polar surface area (TPSA) is 111 Å². The molecule has 0 radical (unpaired) electrons. The molecule has 1 atom stereocenters. The van der Waals surface area contributed by atoms with E-state index in [4.69, 9.17) is 0 Å². The molecule has 4 rings (SSSR count). The van der Waals surface area contributed by atoms with Gasteiger partial charge in [-0.3, -0.25) is 14.5 Å². The Bertz CT molecular complexity index is 905. The minimum atomic E-state index is -0.671. The van der Waals surface area contributed by atoms with E-state index in [-0.39, 0.29) is 30.1 Å². The Balaban J connectivity index is 1.23. The normalized spacial score (nSPS) is 17.2. The molecular weight excluding hydrogens is 384 g/mol. The van der Waals surface area contributed by atoms with E-state index in [0.717, 1.165) is 13.1 Å². The average Bonchev–Trinajstić information content (AvgIpc) is 3.10. The van der Waals surface area contributed by atoms with Gasteiger partial charge in [-0.05, 0) is 11.1 Å². The molecule has 2 aromatic rings. The number of aliphatic hydroxyl groups is 1. The molecule has 1 aromatic heterocycles. The second-order valence-corrected chi connectivity index (χ2v) is 7.86. The first-order valence-electron chi connectivity index (χ1n) is 10.1. The molecule has 9 nitrogen and oxygen atoms in total. The van der Waals surface area contributed by atoms with Crippen molar-refractivity contribution in [2.45, 2.75) is 32.2 Å². The quantitative estimate of drug-likeness (QED) is 0.599. The Hall–Kier alpha value is -3.04. The van der Waals surface area contributed by atoms with Gasteiger partial charge in [-0.25, -0.2) is 9.97 Å². The summed E-state index contributed by atoms with van der Waals surface area (Å²) in [6, 6.07) is 9.94. The second-order valence-electron chi connectivity index (χ2n) is 7.86. The van der Waals surface area contributed by atoms with Crippen molar-refractivity contribution in [1.82, 2.24) is 25.1 Å². The van der Waals surface area contributed by atoms with Gasteiger partial charge >= 0.3 is 0 Å². The maximum Gasteiger partial charge on any atom is 0.270 e. The highest BCUT2D eigenvalue weighted by atomic mass is 16.3. The summed E-state index contributed by atoms with van der Waals surface area (Å²) in [4.78, 5) is 35.7. The number of benzene rings is 1. The van der Waals surface area contributed by atoms with Gasteiger partial charge in [0.05, 0.1) is 12.1 Å². The van der Waals surface area contributed by atoms with Crippen molar-refractivity contribution >= 4 is 17.6 Å². The molecule has 1 saturated heterocycles. The van der Waals surface area contributed by atoms with E-state index in [1.165, 1.54) is 17.5 Å². The van der Waals surface area contributed by atoms with E-state index in [1.807, 2.05) is 12.1 Å². The third-order valence-corrected chi connectivity index (χ3v) is 5.45. The number of anilines is 1. The molecule has 1 aromatic carbocycles. The average molecular weight is 410 g/mol. The highest BCUT2D eigenvalue weighted by Gasteiger charge is 2.28. The van der Waals surface area contributed by atoms with E-state index in [2.05, 4.69) is 37.6 Å². The van der Waals surface area contributed by atoms with Gasteiger partial charge in [-0.2, -0.15) is 0 Å². The number of amides is 2. The maximum atomic E-state index is 12.4. The number of aliphatic hydroxyl groups excluding tert-OH is 1. The Morgan fingerprint density at radius 3 is 2.57 bits per heavy atom. The summed E-state index contributed by atoms with van der Waals surface area (Å²) in [7, 11) is 0. The van der Waals surface area contributed by atoms with E-state index in [1.54, 1.807) is 17.9 Å². The number of aromatic nitrogens is 2. The standard InChI is InChI=1S/C21H26N6O3/c1-14(28)27-10-17(11-27)25-20-6-19(23-13-24-20)21(30)22-7-18(29)12-26-8-15-4-2-3-5-16(15)9-26/h2-6,13,17-18,29H,7-12H2,1H3,(H,22,30)(H,23,24,25)/t18-/m0/s1. The number of rotatable bonds is 7. The van der Waals surface area contributed by atoms with Crippen LogP contribution in [0.3, 0.4) is 0 Å². The zero-order valence-corrected chi connectivity index (χ0v) is 16.9. The Labute approximate surface area is 175 Å². The molecule has 2 amide bonds. The molecule has 158 valence electrons. The molecular formula is C21H26N6O3. The van der Waals surface area contributed by atoms with Gasteiger partial charge in [0, 0.05) is 52.3 Å². The highest BCUT2D eigenvalue weighted by molar-refractivity contribution is 5.92. The summed E-state index contributed by atoms with van der Waals surface area (Å²) >= 11 is 0. The molecule has 2 aliphatic rings. The summed E-state index contributed by atoms with van der Waals surface area (Å²) in [5, 5.41) is 16.3. The molecule has 0 saturated carbocycles. The van der Waals surface area contributed by atoms with Gasteiger partial charge in [-0.1, -0.05) is 24.3 Å². The number of fused-ring (bicyclic) bond motifs is 1. The van der Waals surface area contributed by atoms with Crippen LogP contribution in [-0.4, -0.2) is 75.0 Å². The van der Waals surface area contributed by atoms with Crippen LogP contribution in [0, 0.1) is 0 Å². The lowest BCUT2D eigenvalue weighted by Gasteiger charge is -2.39. The maximum absolute atomic E-state index is 12.4. The van der Waals surface area contributed by atoms with Gasteiger partial charge in [0.2, 0.25) is 5.91 Å². The van der Waals surface area contributed by atoms with Crippen LogP contribution in [0.15, 0.2) is 36.7 Å². The lowest BCUT2D eigenvalue weighted by molar-refractivity contribution is -0.132. The van der Waals surface area contributed by atoms with Crippen LogP contribution in [0.5, 0.6) is 0 Å². The first-order chi connectivity index (χ1) is 14.5. The van der Waals surface area contributed by atoms with Crippen molar-refractivity contribution in [2.75, 3.05) is 31.5 Å². The molecule has 2 aliphatic heterocycles. The van der Waals surface area contributed by atoms with E-state index < -0.39 is 6.10 Å². The van der Waals surface area contributed by atoms with Crippen LogP contribution >= 0.6 is 0 Å². The number of β-amino-alcohol motifs (C(OH)–C–C–N with tert-alkyl or cyclic N) is 1. The van der Waals surface area contributed by atoms with Gasteiger partial charge in [0.15, 0.2) is 0 Å². The minimum absolute atomic E-state index is 0.0483. The van der Waals surface area contributed by atoms with Crippen LogP contribution in [0.4, 0.5) is 5.82 Å². The Kier molecular flexibility index (Phi) is 5.91. The van der Waals surface area contributed by atoms with Gasteiger partial charge in [0.25, 0.3) is 5.91 Å². The van der Waals surface area contributed by atoms with Gasteiger partial charge in [0.1, 0.15) is 17.8 Å². The molecule has 30 heavy (non-hydrogen) atoms. The zero-order chi connectivity index (χ0) is 21.1. The third kappa shape index (κ3) is 4.74. The highest BCUT2D eigenvalue weighted by Crippen LogP contribution is 2.22. The molecule has 3 N–H and O–H groups in total. The summed E-state index contributed by atoms with van der Waals surface area (Å²) < 4.78 is 0. The molecule has 0 unspecified atom stereocenters. The van der Waals surface area contributed by atoms with Crippen molar-refractivity contribution in [1.29, 1.82) is 0 Å². The van der Waals surface area contributed by atoms with Crippen molar-refractivity contribution < 1.29 is 14.7 Å². The fraction of sp³-hybridized carbons (Fsp3) is 0.429. The molecule has 1 fully saturated rings. The van der Waals surface area contributed by atoms with E-state index in [9.17, 15) is 14.7 Å². The first kappa shape index (κ1) is 20.2. The number of nitrogens with zero attached hydrogens (tertiary/aromatic N) is 4. The monoisotopic (exact) mass is 410 g/mol. The summed E-state index contributed by atoms with van der Waals surface area (Å²) in [5.74, 6) is 0.231. The Morgan fingerprint density at radius 1 is 1.20 bits per heavy atom. The van der Waals surface area contributed by atoms with Crippen LogP contribution in [0.1, 0.15) is 28.5 Å². The number of hydrogen-bond donors (Lipinski definition) is 3. The zero-order valence-electron chi connectivity index (χ0n) is 16.9. The molecule has 0 bridgehead atoms. The predicted molar refractivity (Wildman–Crippen MR) is 111 cm³/mol. The fourth-order valence-corrected chi connectivity index (χ4v) is 3.79. The van der Waals surface area contributed by atoms with Gasteiger partial charge in [-0.15, -0.1) is 0 Å². The Morgan fingerprint density at radius 2 is 1.90 bits per heavy atom. The van der Waals surface area contributed by atoms with Crippen LogP contribution < -0.4 is 10.6 Å². The largest absolute Gasteiger partial charge is 0.390 e. The van der Waals surface area contributed by atoms with Crippen LogP contribution in [0.2, 0.25) is 0 Å². The summed E-state index contributed by atoms with van der Waals surface area (Å²) in [6.45, 7) is 5.03. The first-order valence-corrected chi connectivity index (χ1v) is 10.1. The molecule has 9 heteroatoms. The number of hydrogen-bond acceptors (Lipinski definition) is 7. The van der Waals surface area contributed by atoms with Crippen molar-refractivity contribution in [3.05, 3.63) is 53.5 Å². The molecule has 3 heterocycles. The summed E-state index contributed by atoms with van der Waals surface area (Å²) in [6.07, 6.45) is 0.659. The number of carbonyl (C=O) groups is 2. The summed E-state index contributed by atoms with van der Waals surface area (Å²) in [5.41, 5.74) is 2.80. The van der Waals surface area contributed by atoms with Crippen LogP contribution in [-0.2, 0) is 17.9 Å². The minimum Gasteiger partial charge on any atom is -0.390 e. The number of likely N-dealkylation sites (tertiary alicyclic amines) is 1. The van der Waals surface area contributed by atoms with E-state index >= 15 is 0 Å². The molecule has 0 spiro atoms. The van der Waals surface area contributed by atoms with Crippen LogP contribution in [0.25, 0.3) is 0 Å². The number of nitrogens with one attached hydrogen (secondary N) is 2. The smallest absolute Gasteiger partial charge is 0.270 e. The predicted octanol–water partition coefficient (Wildman–Crippen LogP) is 0.226. The van der Waals surface area contributed by atoms with Gasteiger partial charge < -0.3 is 20.6 Å². The lowest BCUT2D eigenvalue weighted by atomic mass is 10.1. The van der Waals surface area contributed by atoms with Crippen molar-refractivity contribution in [2.24, 2.45) is 0 Å². The SMILES string of the molecule is CC(=O)N1CC(Nc2cc(C(=O)NC[C@H](O)CN3Cc4ccccc4C3)ncn2)C1. The second kappa shape index (κ2) is 8.76. The van der Waals surface area contributed by atoms with Crippen molar-refractivity contribution in [3.8, 4) is 0 Å². The number of carbonyl (C=O) groups excluding carboxylic acids is 2. The lowest BCUT2D eigenvalue weighted by Crippen LogP contribution is -2.56. The van der Waals surface area contributed by atoms with Crippen molar-refractivity contribution in [3.63, 3.8) is 0 Å². The fourth-order valence-electron chi connectivity index (χ4n) is 3.79. The molecule has 0 aliphatic carbocycles.